The summed E-state index contributed by atoms with van der Waals surface area (Å²) in [4.78, 5) is 25.0. The third kappa shape index (κ3) is 3.72. The van der Waals surface area contributed by atoms with E-state index in [0.29, 0.717) is 30.9 Å². The van der Waals surface area contributed by atoms with E-state index in [1.54, 1.807) is 24.0 Å². The molecule has 0 radical (unpaired) electrons. The van der Waals surface area contributed by atoms with E-state index in [0.717, 1.165) is 6.42 Å². The zero-order valence-electron chi connectivity index (χ0n) is 12.3. The molecule has 1 aromatic carbocycles. The molecule has 0 bridgehead atoms. The van der Waals surface area contributed by atoms with E-state index in [4.69, 9.17) is 9.84 Å². The fourth-order valence-electron chi connectivity index (χ4n) is 2.28. The van der Waals surface area contributed by atoms with E-state index in [-0.39, 0.29) is 17.7 Å². The summed E-state index contributed by atoms with van der Waals surface area (Å²) in [5, 5.41) is 11.8. The summed E-state index contributed by atoms with van der Waals surface area (Å²) >= 11 is 0. The zero-order valence-corrected chi connectivity index (χ0v) is 12.3. The van der Waals surface area contributed by atoms with Crippen LogP contribution in [0.5, 0.6) is 0 Å². The normalized spacial score (nSPS) is 18.4. The molecule has 21 heavy (non-hydrogen) atoms. The highest BCUT2D eigenvalue weighted by Crippen LogP contribution is 2.17. The van der Waals surface area contributed by atoms with Gasteiger partial charge in [-0.25, -0.2) is 9.59 Å². The highest BCUT2D eigenvalue weighted by atomic mass is 16.5. The first kappa shape index (κ1) is 15.3. The molecule has 0 spiro atoms. The first-order valence-electron chi connectivity index (χ1n) is 7.02. The number of ether oxygens (including phenoxy) is 1. The number of aromatic carboxylic acids is 1. The molecule has 1 aliphatic rings. The van der Waals surface area contributed by atoms with Crippen LogP contribution in [0.4, 0.5) is 10.5 Å². The second kappa shape index (κ2) is 6.58. The van der Waals surface area contributed by atoms with E-state index in [1.807, 2.05) is 6.92 Å². The van der Waals surface area contributed by atoms with Crippen molar-refractivity contribution >= 4 is 17.7 Å². The molecule has 1 saturated heterocycles. The molecule has 0 aliphatic carbocycles. The number of hydrogen-bond donors (Lipinski definition) is 2. The number of carboxylic acids is 1. The summed E-state index contributed by atoms with van der Waals surface area (Å²) in [5.41, 5.74) is 1.35. The number of carbonyl (C=O) groups excluding carboxylic acids is 1. The van der Waals surface area contributed by atoms with Gasteiger partial charge in [0.15, 0.2) is 0 Å². The quantitative estimate of drug-likeness (QED) is 0.896. The minimum absolute atomic E-state index is 0.0668. The van der Waals surface area contributed by atoms with Crippen LogP contribution < -0.4 is 5.32 Å². The van der Waals surface area contributed by atoms with Gasteiger partial charge in [-0.15, -0.1) is 0 Å². The Kier molecular flexibility index (Phi) is 4.80. The third-order valence-electron chi connectivity index (χ3n) is 3.60. The number of carbonyl (C=O) groups is 2. The van der Waals surface area contributed by atoms with Crippen molar-refractivity contribution in [2.45, 2.75) is 26.4 Å². The van der Waals surface area contributed by atoms with E-state index in [9.17, 15) is 9.59 Å². The van der Waals surface area contributed by atoms with E-state index in [1.165, 1.54) is 6.07 Å². The Balaban J connectivity index is 2.05. The minimum atomic E-state index is -0.999. The zero-order chi connectivity index (χ0) is 15.4. The fraction of sp³-hybridized carbons (Fsp3) is 0.467. The predicted molar refractivity (Wildman–Crippen MR) is 78.8 cm³/mol. The molecule has 1 unspecified atom stereocenters. The van der Waals surface area contributed by atoms with Crippen molar-refractivity contribution in [3.8, 4) is 0 Å². The number of rotatable bonds is 3. The van der Waals surface area contributed by atoms with Crippen LogP contribution in [0.1, 0.15) is 29.3 Å². The van der Waals surface area contributed by atoms with E-state index < -0.39 is 5.97 Å². The molecular formula is C15H20N2O4. The number of carboxylic acid groups (broad SMARTS) is 1. The third-order valence-corrected chi connectivity index (χ3v) is 3.60. The molecule has 1 heterocycles. The van der Waals surface area contributed by atoms with Crippen molar-refractivity contribution < 1.29 is 19.4 Å². The van der Waals surface area contributed by atoms with Crippen molar-refractivity contribution in [1.29, 1.82) is 0 Å². The van der Waals surface area contributed by atoms with Crippen molar-refractivity contribution in [1.82, 2.24) is 4.90 Å². The van der Waals surface area contributed by atoms with Gasteiger partial charge in [0, 0.05) is 18.8 Å². The lowest BCUT2D eigenvalue weighted by Crippen LogP contribution is -2.47. The number of aryl methyl sites for hydroxylation is 1. The molecule has 2 rings (SSSR count). The van der Waals surface area contributed by atoms with Gasteiger partial charge in [-0.3, -0.25) is 0 Å². The number of benzene rings is 1. The lowest BCUT2D eigenvalue weighted by molar-refractivity contribution is -0.0134. The van der Waals surface area contributed by atoms with Gasteiger partial charge in [0.1, 0.15) is 0 Å². The number of amides is 2. The summed E-state index contributed by atoms with van der Waals surface area (Å²) in [5.74, 6) is -0.999. The van der Waals surface area contributed by atoms with Gasteiger partial charge in [0.05, 0.1) is 18.3 Å². The Labute approximate surface area is 123 Å². The molecule has 2 N–H and O–H groups in total. The highest BCUT2D eigenvalue weighted by Gasteiger charge is 2.23. The van der Waals surface area contributed by atoms with Crippen LogP contribution in [0.2, 0.25) is 0 Å². The fourth-order valence-corrected chi connectivity index (χ4v) is 2.28. The Morgan fingerprint density at radius 1 is 1.48 bits per heavy atom. The van der Waals surface area contributed by atoms with Crippen LogP contribution in [0.25, 0.3) is 0 Å². The van der Waals surface area contributed by atoms with Gasteiger partial charge in [0.2, 0.25) is 0 Å². The summed E-state index contributed by atoms with van der Waals surface area (Å²) in [6.07, 6.45) is 0.925. The minimum Gasteiger partial charge on any atom is -0.478 e. The van der Waals surface area contributed by atoms with Crippen molar-refractivity contribution in [3.05, 3.63) is 29.3 Å². The van der Waals surface area contributed by atoms with Crippen molar-refractivity contribution in [2.24, 2.45) is 0 Å². The van der Waals surface area contributed by atoms with Crippen LogP contribution in [-0.4, -0.2) is 47.8 Å². The molecule has 0 saturated carbocycles. The first-order valence-corrected chi connectivity index (χ1v) is 7.02. The maximum Gasteiger partial charge on any atom is 0.336 e. The molecule has 6 heteroatoms. The van der Waals surface area contributed by atoms with Crippen LogP contribution in [-0.2, 0) is 4.74 Å². The van der Waals surface area contributed by atoms with Crippen molar-refractivity contribution in [3.63, 3.8) is 0 Å². The molecule has 1 fully saturated rings. The average Bonchev–Trinajstić information content (AvgIpc) is 2.49. The first-order chi connectivity index (χ1) is 10.0. The molecular weight excluding hydrogens is 272 g/mol. The van der Waals surface area contributed by atoms with E-state index >= 15 is 0 Å². The Bertz CT molecular complexity index is 544. The number of nitrogens with zero attached hydrogens (tertiary/aromatic N) is 1. The molecule has 2 amide bonds. The predicted octanol–water partition coefficient (Wildman–Crippen LogP) is 2.34. The van der Waals surface area contributed by atoms with Gasteiger partial charge in [-0.2, -0.15) is 0 Å². The molecule has 0 aromatic heterocycles. The van der Waals surface area contributed by atoms with Gasteiger partial charge in [-0.05, 0) is 31.0 Å². The van der Waals surface area contributed by atoms with Gasteiger partial charge >= 0.3 is 12.0 Å². The van der Waals surface area contributed by atoms with Crippen molar-refractivity contribution in [2.75, 3.05) is 25.0 Å². The lowest BCUT2D eigenvalue weighted by atomic mass is 10.1. The molecule has 114 valence electrons. The number of urea groups is 1. The Morgan fingerprint density at radius 3 is 2.90 bits per heavy atom. The largest absolute Gasteiger partial charge is 0.478 e. The van der Waals surface area contributed by atoms with Gasteiger partial charge in [-0.1, -0.05) is 13.0 Å². The van der Waals surface area contributed by atoms with Crippen LogP contribution in [0.15, 0.2) is 18.2 Å². The standard InChI is InChI=1S/C15H20N2O4/c1-3-12-9-17(6-7-21-12)15(20)16-11-5-4-10(2)13(8-11)14(18)19/h4-5,8,12H,3,6-7,9H2,1-2H3,(H,16,20)(H,18,19). The number of morpholine rings is 1. The Hall–Kier alpha value is -2.08. The number of nitrogens with one attached hydrogen (secondary N) is 1. The summed E-state index contributed by atoms with van der Waals surface area (Å²) < 4.78 is 5.52. The number of anilines is 1. The molecule has 1 atom stereocenters. The summed E-state index contributed by atoms with van der Waals surface area (Å²) in [6, 6.07) is 4.65. The van der Waals surface area contributed by atoms with E-state index in [2.05, 4.69) is 5.32 Å². The second-order valence-corrected chi connectivity index (χ2v) is 5.11. The van der Waals surface area contributed by atoms with Crippen LogP contribution >= 0.6 is 0 Å². The molecule has 6 nitrogen and oxygen atoms in total. The SMILES string of the molecule is CCC1CN(C(=O)Nc2ccc(C)c(C(=O)O)c2)CCO1. The van der Waals surface area contributed by atoms with Gasteiger partial charge in [0.25, 0.3) is 0 Å². The average molecular weight is 292 g/mol. The Morgan fingerprint density at radius 2 is 2.24 bits per heavy atom. The van der Waals surface area contributed by atoms with Crippen LogP contribution in [0, 0.1) is 6.92 Å². The number of hydrogen-bond acceptors (Lipinski definition) is 3. The maximum atomic E-state index is 12.2. The summed E-state index contributed by atoms with van der Waals surface area (Å²) in [7, 11) is 0. The monoisotopic (exact) mass is 292 g/mol. The highest BCUT2D eigenvalue weighted by molar-refractivity contribution is 5.94. The molecule has 1 aromatic rings. The van der Waals surface area contributed by atoms with Gasteiger partial charge < -0.3 is 20.1 Å². The van der Waals surface area contributed by atoms with Crippen LogP contribution in [0.3, 0.4) is 0 Å². The summed E-state index contributed by atoms with van der Waals surface area (Å²) in [6.45, 7) is 5.37. The smallest absolute Gasteiger partial charge is 0.336 e. The topological polar surface area (TPSA) is 78.9 Å². The molecule has 1 aliphatic heterocycles. The second-order valence-electron chi connectivity index (χ2n) is 5.11. The lowest BCUT2D eigenvalue weighted by Gasteiger charge is -2.32. The maximum absolute atomic E-state index is 12.2.